The lowest BCUT2D eigenvalue weighted by Gasteiger charge is -2.20. The third-order valence-corrected chi connectivity index (χ3v) is 4.23. The lowest BCUT2D eigenvalue weighted by atomic mass is 9.98. The van der Waals surface area contributed by atoms with Crippen LogP contribution >= 0.6 is 0 Å². The highest BCUT2D eigenvalue weighted by atomic mass is 19.4. The molecule has 0 aliphatic carbocycles. The number of hydrogen-bond donors (Lipinski definition) is 2. The third-order valence-electron chi connectivity index (χ3n) is 4.23. The molecule has 0 bridgehead atoms. The van der Waals surface area contributed by atoms with Crippen molar-refractivity contribution in [2.45, 2.75) is 12.2 Å². The highest BCUT2D eigenvalue weighted by Crippen LogP contribution is 2.34. The van der Waals surface area contributed by atoms with Gasteiger partial charge in [0.2, 0.25) is 0 Å². The van der Waals surface area contributed by atoms with E-state index < -0.39 is 35.3 Å². The fourth-order valence-electron chi connectivity index (χ4n) is 2.87. The van der Waals surface area contributed by atoms with Crippen LogP contribution in [0.3, 0.4) is 0 Å². The molecule has 0 aliphatic rings. The maximum Gasteiger partial charge on any atom is 0.418 e. The lowest BCUT2D eigenvalue weighted by Crippen LogP contribution is -2.38. The number of anilines is 1. The maximum absolute atomic E-state index is 13.1. The van der Waals surface area contributed by atoms with Crippen LogP contribution in [0.4, 0.5) is 18.9 Å². The van der Waals surface area contributed by atoms with E-state index in [1.54, 1.807) is 48.5 Å². The lowest BCUT2D eigenvalue weighted by molar-refractivity contribution is -0.138. The zero-order valence-corrected chi connectivity index (χ0v) is 15.1. The first-order chi connectivity index (χ1) is 13.9. The molecule has 3 aromatic carbocycles. The maximum atomic E-state index is 13.1. The van der Waals surface area contributed by atoms with Crippen molar-refractivity contribution in [3.8, 4) is 0 Å². The summed E-state index contributed by atoms with van der Waals surface area (Å²) >= 11 is 0. The first-order valence-electron chi connectivity index (χ1n) is 8.74. The van der Waals surface area contributed by atoms with E-state index in [1.807, 2.05) is 12.1 Å². The van der Waals surface area contributed by atoms with Crippen molar-refractivity contribution < 1.29 is 22.8 Å². The van der Waals surface area contributed by atoms with Gasteiger partial charge in [0.05, 0.1) is 17.3 Å². The molecule has 0 fully saturated rings. The summed E-state index contributed by atoms with van der Waals surface area (Å²) in [5, 5.41) is 4.65. The molecule has 7 heteroatoms. The second-order valence-electron chi connectivity index (χ2n) is 6.23. The fourth-order valence-corrected chi connectivity index (χ4v) is 2.87. The van der Waals surface area contributed by atoms with E-state index in [0.29, 0.717) is 0 Å². The first kappa shape index (κ1) is 20.1. The second-order valence-corrected chi connectivity index (χ2v) is 6.23. The van der Waals surface area contributed by atoms with Gasteiger partial charge in [-0.1, -0.05) is 72.8 Å². The number of hydrogen-bond acceptors (Lipinski definition) is 2. The molecule has 2 amide bonds. The van der Waals surface area contributed by atoms with Crippen LogP contribution < -0.4 is 10.6 Å². The van der Waals surface area contributed by atoms with Crippen molar-refractivity contribution in [1.82, 2.24) is 5.32 Å². The normalized spacial score (nSPS) is 11.2. The van der Waals surface area contributed by atoms with Crippen molar-refractivity contribution in [2.24, 2.45) is 0 Å². The predicted octanol–water partition coefficient (Wildman–Crippen LogP) is 4.55. The molecule has 2 N–H and O–H groups in total. The number of alkyl halides is 3. The van der Waals surface area contributed by atoms with Crippen LogP contribution in [0.25, 0.3) is 0 Å². The average Bonchev–Trinajstić information content (AvgIpc) is 2.72. The van der Waals surface area contributed by atoms with Gasteiger partial charge >= 0.3 is 18.0 Å². The van der Waals surface area contributed by atoms with Crippen LogP contribution in [-0.4, -0.2) is 11.8 Å². The summed E-state index contributed by atoms with van der Waals surface area (Å²) in [4.78, 5) is 24.8. The Morgan fingerprint density at radius 3 is 1.69 bits per heavy atom. The van der Waals surface area contributed by atoms with Gasteiger partial charge in [-0.2, -0.15) is 13.2 Å². The van der Waals surface area contributed by atoms with Gasteiger partial charge in [-0.25, -0.2) is 0 Å². The number of amides is 2. The Balaban J connectivity index is 1.81. The van der Waals surface area contributed by atoms with Crippen LogP contribution in [0.2, 0.25) is 0 Å². The molecule has 0 saturated carbocycles. The second kappa shape index (κ2) is 8.60. The van der Waals surface area contributed by atoms with Gasteiger partial charge in [0, 0.05) is 0 Å². The van der Waals surface area contributed by atoms with E-state index in [-0.39, 0.29) is 0 Å². The molecular formula is C22H17F3N2O2. The highest BCUT2D eigenvalue weighted by Gasteiger charge is 2.34. The van der Waals surface area contributed by atoms with E-state index in [0.717, 1.165) is 23.3 Å². The molecule has 0 aliphatic heterocycles. The third kappa shape index (κ3) is 5.01. The largest absolute Gasteiger partial charge is 0.418 e. The van der Waals surface area contributed by atoms with Crippen LogP contribution in [0.1, 0.15) is 22.7 Å². The number of nitrogens with one attached hydrogen (secondary N) is 2. The van der Waals surface area contributed by atoms with E-state index in [9.17, 15) is 22.8 Å². The van der Waals surface area contributed by atoms with Gasteiger partial charge in [-0.3, -0.25) is 9.59 Å². The Morgan fingerprint density at radius 2 is 1.17 bits per heavy atom. The van der Waals surface area contributed by atoms with Gasteiger partial charge in [-0.15, -0.1) is 0 Å². The van der Waals surface area contributed by atoms with Gasteiger partial charge in [0.25, 0.3) is 0 Å². The van der Waals surface area contributed by atoms with Crippen molar-refractivity contribution >= 4 is 17.5 Å². The number of rotatable bonds is 4. The van der Waals surface area contributed by atoms with E-state index in [2.05, 4.69) is 10.6 Å². The zero-order valence-electron chi connectivity index (χ0n) is 15.1. The smallest absolute Gasteiger partial charge is 0.337 e. The molecule has 29 heavy (non-hydrogen) atoms. The van der Waals surface area contributed by atoms with Crippen LogP contribution in [-0.2, 0) is 15.8 Å². The number of carbonyl (C=O) groups is 2. The Bertz CT molecular complexity index is 950. The molecule has 4 nitrogen and oxygen atoms in total. The van der Waals surface area contributed by atoms with E-state index in [4.69, 9.17) is 0 Å². The van der Waals surface area contributed by atoms with Crippen LogP contribution in [0.15, 0.2) is 84.9 Å². The quantitative estimate of drug-likeness (QED) is 0.634. The Kier molecular flexibility index (Phi) is 5.97. The summed E-state index contributed by atoms with van der Waals surface area (Å²) in [5.41, 5.74) is -0.0361. The molecule has 0 heterocycles. The molecule has 0 radical (unpaired) electrons. The summed E-state index contributed by atoms with van der Waals surface area (Å²) in [6, 6.07) is 21.8. The van der Waals surface area contributed by atoms with Gasteiger partial charge in [0.15, 0.2) is 0 Å². The SMILES string of the molecule is O=C(Nc1ccccc1C(F)(F)F)C(=O)NC(c1ccccc1)c1ccccc1. The molecule has 0 spiro atoms. The fraction of sp³-hybridized carbons (Fsp3) is 0.0909. The topological polar surface area (TPSA) is 58.2 Å². The van der Waals surface area contributed by atoms with Gasteiger partial charge in [-0.05, 0) is 23.3 Å². The number of para-hydroxylation sites is 1. The number of benzene rings is 3. The Labute approximate surface area is 165 Å². The monoisotopic (exact) mass is 398 g/mol. The van der Waals surface area contributed by atoms with Crippen molar-refractivity contribution in [3.05, 3.63) is 102 Å². The minimum atomic E-state index is -4.66. The summed E-state index contributed by atoms with van der Waals surface area (Å²) in [7, 11) is 0. The zero-order chi connectivity index (χ0) is 20.9. The van der Waals surface area contributed by atoms with Crippen LogP contribution in [0.5, 0.6) is 0 Å². The molecule has 0 aromatic heterocycles. The summed E-state index contributed by atoms with van der Waals surface area (Å²) < 4.78 is 39.3. The minimum absolute atomic E-state index is 0.476. The van der Waals surface area contributed by atoms with E-state index in [1.165, 1.54) is 12.1 Å². The molecule has 148 valence electrons. The molecule has 0 atom stereocenters. The molecule has 3 aromatic rings. The standard InChI is InChI=1S/C22H17F3N2O2/c23-22(24,25)17-13-7-8-14-18(17)26-20(28)21(29)27-19(15-9-3-1-4-10-15)16-11-5-2-6-12-16/h1-14,19H,(H,26,28)(H,27,29). The Morgan fingerprint density at radius 1 is 0.690 bits per heavy atom. The average molecular weight is 398 g/mol. The first-order valence-corrected chi connectivity index (χ1v) is 8.74. The highest BCUT2D eigenvalue weighted by molar-refractivity contribution is 6.39. The molecule has 0 unspecified atom stereocenters. The molecule has 3 rings (SSSR count). The molecule has 0 saturated heterocycles. The number of carbonyl (C=O) groups excluding carboxylic acids is 2. The molecular weight excluding hydrogens is 381 g/mol. The summed E-state index contributed by atoms with van der Waals surface area (Å²) in [5.74, 6) is -2.22. The van der Waals surface area contributed by atoms with Gasteiger partial charge in [0.1, 0.15) is 0 Å². The summed E-state index contributed by atoms with van der Waals surface area (Å²) in [6.45, 7) is 0. The minimum Gasteiger partial charge on any atom is -0.337 e. The van der Waals surface area contributed by atoms with E-state index >= 15 is 0 Å². The Hall–Kier alpha value is -3.61. The van der Waals surface area contributed by atoms with Crippen molar-refractivity contribution in [1.29, 1.82) is 0 Å². The van der Waals surface area contributed by atoms with Crippen molar-refractivity contribution in [2.75, 3.05) is 5.32 Å². The predicted molar refractivity (Wildman–Crippen MR) is 103 cm³/mol. The number of halogens is 3. The van der Waals surface area contributed by atoms with Crippen LogP contribution in [0, 0.1) is 0 Å². The van der Waals surface area contributed by atoms with Crippen molar-refractivity contribution in [3.63, 3.8) is 0 Å². The van der Waals surface area contributed by atoms with Gasteiger partial charge < -0.3 is 10.6 Å². The summed E-state index contributed by atoms with van der Waals surface area (Å²) in [6.07, 6.45) is -4.66.